The minimum absolute atomic E-state index is 0.108. The van der Waals surface area contributed by atoms with Gasteiger partial charge in [-0.3, -0.25) is 4.79 Å². The summed E-state index contributed by atoms with van der Waals surface area (Å²) < 4.78 is 27.6. The molecule has 0 radical (unpaired) electrons. The molecule has 4 N–H and O–H groups in total. The summed E-state index contributed by atoms with van der Waals surface area (Å²) in [6.45, 7) is 0.539. The first-order valence-electron chi connectivity index (χ1n) is 11.0. The van der Waals surface area contributed by atoms with Crippen LogP contribution in [-0.4, -0.2) is 24.0 Å². The average molecular weight is 623 g/mol. The predicted octanol–water partition coefficient (Wildman–Crippen LogP) is 5.23. The number of hydrogen-bond acceptors (Lipinski definition) is 8. The largest absolute Gasteiger partial charge is 0.380 e. The first kappa shape index (κ1) is 27.0. The van der Waals surface area contributed by atoms with Gasteiger partial charge in [0.1, 0.15) is 4.21 Å². The van der Waals surface area contributed by atoms with Crippen LogP contribution in [0.3, 0.4) is 0 Å². The molecule has 0 saturated carbocycles. The number of carbonyl (C=O) groups excluding carboxylic acids is 1. The number of fused-ring (bicyclic) bond motifs is 1. The molecule has 5 rings (SSSR count). The molecule has 2 amide bonds. The Morgan fingerprint density at radius 3 is 2.38 bits per heavy atom. The summed E-state index contributed by atoms with van der Waals surface area (Å²) >= 11 is 14.1. The summed E-state index contributed by atoms with van der Waals surface area (Å²) in [6.07, 6.45) is 0. The Kier molecular flexibility index (Phi) is 7.51. The molecule has 10 nitrogen and oxygen atoms in total. The Morgan fingerprint density at radius 2 is 1.72 bits per heavy atom. The summed E-state index contributed by atoms with van der Waals surface area (Å²) in [5, 5.41) is 8.44. The van der Waals surface area contributed by atoms with Crippen molar-refractivity contribution in [3.8, 4) is 5.69 Å². The molecule has 0 aliphatic rings. The zero-order valence-corrected chi connectivity index (χ0v) is 23.5. The highest BCUT2D eigenvalue weighted by Crippen LogP contribution is 2.25. The van der Waals surface area contributed by atoms with Gasteiger partial charge >= 0.3 is 11.7 Å². The smallest absolute Gasteiger partial charge is 0.333 e. The second kappa shape index (κ2) is 10.9. The number of anilines is 2. The number of aromatic amines is 1. The lowest BCUT2D eigenvalue weighted by atomic mass is 10.2. The zero-order chi connectivity index (χ0) is 27.7. The lowest BCUT2D eigenvalue weighted by Crippen LogP contribution is -2.34. The van der Waals surface area contributed by atoms with Gasteiger partial charge in [-0.2, -0.15) is 0 Å². The van der Waals surface area contributed by atoms with Crippen molar-refractivity contribution in [2.75, 3.05) is 10.6 Å². The molecule has 0 saturated heterocycles. The van der Waals surface area contributed by atoms with E-state index in [9.17, 15) is 22.8 Å². The monoisotopic (exact) mass is 621 g/mol. The Bertz CT molecular complexity index is 1930. The molecule has 2 aromatic carbocycles. The van der Waals surface area contributed by atoms with Crippen molar-refractivity contribution in [3.05, 3.63) is 101 Å². The van der Waals surface area contributed by atoms with E-state index in [0.717, 1.165) is 26.5 Å². The molecule has 200 valence electrons. The molecule has 0 atom stereocenters. The van der Waals surface area contributed by atoms with E-state index < -0.39 is 27.3 Å². The van der Waals surface area contributed by atoms with Crippen LogP contribution in [0.2, 0.25) is 9.36 Å². The van der Waals surface area contributed by atoms with E-state index in [1.807, 2.05) is 16.2 Å². The van der Waals surface area contributed by atoms with Crippen LogP contribution in [0.1, 0.15) is 4.88 Å². The Morgan fingerprint density at radius 1 is 0.974 bits per heavy atom. The number of hydrogen-bond donors (Lipinski definition) is 4. The van der Waals surface area contributed by atoms with Gasteiger partial charge in [-0.05, 0) is 60.7 Å². The van der Waals surface area contributed by atoms with Gasteiger partial charge in [0.05, 0.1) is 25.9 Å². The molecule has 0 fully saturated rings. The lowest BCUT2D eigenvalue weighted by molar-refractivity contribution is 0.256. The van der Waals surface area contributed by atoms with Gasteiger partial charge < -0.3 is 15.6 Å². The summed E-state index contributed by atoms with van der Waals surface area (Å²) in [7, 11) is -4.09. The lowest BCUT2D eigenvalue weighted by Gasteiger charge is -2.10. The number of nitrogens with zero attached hydrogens (tertiary/aromatic N) is 1. The third-order valence-electron chi connectivity index (χ3n) is 5.41. The highest BCUT2D eigenvalue weighted by molar-refractivity contribution is 7.92. The molecule has 3 heterocycles. The van der Waals surface area contributed by atoms with Gasteiger partial charge in [0.25, 0.3) is 15.6 Å². The van der Waals surface area contributed by atoms with Crippen LogP contribution in [0.5, 0.6) is 0 Å². The zero-order valence-electron chi connectivity index (χ0n) is 19.5. The minimum Gasteiger partial charge on any atom is -0.380 e. The van der Waals surface area contributed by atoms with Crippen LogP contribution in [0.4, 0.5) is 16.2 Å². The standard InChI is InChI=1S/C24H17Cl2N5O5S3/c25-13-9-17(37-12-13)11-27-15-3-6-18-19(10-15)29-24(34)31(22(18)32)16-4-1-14(2-5-16)28-23(33)30-39(35,36)21-8-7-20(26)38-21/h1-10,12,27H,11H2,(H,29,34)(H2,28,30,33). The van der Waals surface area contributed by atoms with Crippen LogP contribution in [-0.2, 0) is 16.6 Å². The van der Waals surface area contributed by atoms with Crippen LogP contribution in [0.15, 0.2) is 79.8 Å². The number of urea groups is 1. The van der Waals surface area contributed by atoms with E-state index >= 15 is 0 Å². The summed E-state index contributed by atoms with van der Waals surface area (Å²) in [4.78, 5) is 42.0. The van der Waals surface area contributed by atoms with Crippen molar-refractivity contribution in [2.24, 2.45) is 0 Å². The first-order chi connectivity index (χ1) is 18.6. The molecule has 0 aliphatic carbocycles. The fourth-order valence-corrected chi connectivity index (χ4v) is 7.07. The van der Waals surface area contributed by atoms with Crippen molar-refractivity contribution in [3.63, 3.8) is 0 Å². The molecule has 0 spiro atoms. The molecular formula is C24H17Cl2N5O5S3. The van der Waals surface area contributed by atoms with E-state index in [1.54, 1.807) is 18.2 Å². The topological polar surface area (TPSA) is 142 Å². The quantitative estimate of drug-likeness (QED) is 0.196. The minimum atomic E-state index is -4.09. The van der Waals surface area contributed by atoms with E-state index in [4.69, 9.17) is 23.2 Å². The van der Waals surface area contributed by atoms with Crippen molar-refractivity contribution >= 4 is 84.2 Å². The molecule has 0 aliphatic heterocycles. The number of thiophene rings is 2. The Hall–Kier alpha value is -3.62. The molecule has 5 aromatic rings. The fourth-order valence-electron chi connectivity index (χ4n) is 3.66. The van der Waals surface area contributed by atoms with Gasteiger partial charge in [0.15, 0.2) is 0 Å². The number of nitrogens with one attached hydrogen (secondary N) is 4. The highest BCUT2D eigenvalue weighted by Gasteiger charge is 2.20. The number of benzene rings is 2. The second-order valence-corrected chi connectivity index (χ2v) is 13.1. The van der Waals surface area contributed by atoms with Gasteiger partial charge in [-0.25, -0.2) is 27.3 Å². The van der Waals surface area contributed by atoms with Crippen LogP contribution in [0.25, 0.3) is 16.6 Å². The van der Waals surface area contributed by atoms with Crippen LogP contribution in [0, 0.1) is 0 Å². The first-order valence-corrected chi connectivity index (χ1v) is 15.0. The summed E-state index contributed by atoms with van der Waals surface area (Å²) in [5.41, 5.74) is 0.421. The maximum Gasteiger partial charge on any atom is 0.333 e. The van der Waals surface area contributed by atoms with E-state index in [-0.39, 0.29) is 19.9 Å². The Labute approximate surface area is 238 Å². The van der Waals surface area contributed by atoms with Gasteiger partial charge in [0.2, 0.25) is 0 Å². The SMILES string of the molecule is O=C(Nc1ccc(-n2c(=O)[nH]c3cc(NCc4cc(Cl)cs4)ccc3c2=O)cc1)NS(=O)(=O)c1ccc(Cl)s1. The molecular weight excluding hydrogens is 605 g/mol. The molecule has 3 aromatic heterocycles. The normalized spacial score (nSPS) is 11.4. The number of rotatable bonds is 7. The van der Waals surface area contributed by atoms with Crippen molar-refractivity contribution < 1.29 is 13.2 Å². The summed E-state index contributed by atoms with van der Waals surface area (Å²) in [5.74, 6) is 0. The van der Waals surface area contributed by atoms with Gasteiger partial charge in [-0.1, -0.05) is 23.2 Å². The van der Waals surface area contributed by atoms with Gasteiger partial charge in [0, 0.05) is 28.2 Å². The number of H-pyrrole nitrogens is 1. The van der Waals surface area contributed by atoms with Crippen molar-refractivity contribution in [2.45, 2.75) is 10.8 Å². The third-order valence-corrected chi connectivity index (χ3v) is 9.75. The molecule has 0 bridgehead atoms. The number of amides is 2. The molecule has 39 heavy (non-hydrogen) atoms. The number of aromatic nitrogens is 2. The number of carbonyl (C=O) groups is 1. The maximum absolute atomic E-state index is 13.2. The van der Waals surface area contributed by atoms with Crippen molar-refractivity contribution in [1.82, 2.24) is 14.3 Å². The van der Waals surface area contributed by atoms with E-state index in [1.165, 1.54) is 47.7 Å². The van der Waals surface area contributed by atoms with E-state index in [0.29, 0.717) is 22.5 Å². The highest BCUT2D eigenvalue weighted by atomic mass is 35.5. The van der Waals surface area contributed by atoms with E-state index in [2.05, 4.69) is 15.6 Å². The number of sulfonamides is 1. The maximum atomic E-state index is 13.2. The van der Waals surface area contributed by atoms with Crippen LogP contribution >= 0.6 is 45.9 Å². The third kappa shape index (κ3) is 6.02. The molecule has 15 heteroatoms. The summed E-state index contributed by atoms with van der Waals surface area (Å²) in [6, 6.07) is 14.4. The van der Waals surface area contributed by atoms with Crippen molar-refractivity contribution in [1.29, 1.82) is 0 Å². The average Bonchev–Trinajstić information content (AvgIpc) is 3.51. The van der Waals surface area contributed by atoms with Crippen LogP contribution < -0.4 is 26.6 Å². The predicted molar refractivity (Wildman–Crippen MR) is 155 cm³/mol. The molecule has 0 unspecified atom stereocenters. The number of halogens is 2. The fraction of sp³-hybridized carbons (Fsp3) is 0.0417. The Balaban J connectivity index is 1.32. The second-order valence-electron chi connectivity index (χ2n) is 8.08. The van der Waals surface area contributed by atoms with Gasteiger partial charge in [-0.15, -0.1) is 22.7 Å².